The second-order valence-corrected chi connectivity index (χ2v) is 9.75. The molecule has 0 radical (unpaired) electrons. The van der Waals surface area contributed by atoms with E-state index in [-0.39, 0.29) is 12.0 Å². The number of rotatable bonds is 4. The van der Waals surface area contributed by atoms with Crippen LogP contribution in [0.25, 0.3) is 6.08 Å². The van der Waals surface area contributed by atoms with Crippen molar-refractivity contribution in [3.05, 3.63) is 74.8 Å². The fourth-order valence-corrected chi connectivity index (χ4v) is 4.45. The average Bonchev–Trinajstić information content (AvgIpc) is 2.71. The summed E-state index contributed by atoms with van der Waals surface area (Å²) in [7, 11) is 1.72. The highest BCUT2D eigenvalue weighted by Gasteiger charge is 2.35. The number of amides is 1. The van der Waals surface area contributed by atoms with Crippen molar-refractivity contribution >= 4 is 41.3 Å². The number of hydrogen-bond acceptors (Lipinski definition) is 3. The zero-order chi connectivity index (χ0) is 23.6. The molecule has 0 saturated carbocycles. The average molecular weight is 476 g/mol. The molecule has 0 spiro atoms. The molecule has 1 aliphatic rings. The highest BCUT2D eigenvalue weighted by molar-refractivity contribution is 6.42. The Bertz CT molecular complexity index is 1060. The van der Waals surface area contributed by atoms with Crippen molar-refractivity contribution in [2.24, 2.45) is 0 Å². The lowest BCUT2D eigenvalue weighted by Crippen LogP contribution is -2.38. The summed E-state index contributed by atoms with van der Waals surface area (Å²) in [6.45, 7) is 5.48. The zero-order valence-electron chi connectivity index (χ0n) is 18.6. The first kappa shape index (κ1) is 24.1. The maximum absolute atomic E-state index is 12.8. The smallest absolute Gasteiger partial charge is 0.410 e. The number of nitrogens with zero attached hydrogens (tertiary/aromatic N) is 1. The molecule has 0 aliphatic heterocycles. The van der Waals surface area contributed by atoms with Crippen molar-refractivity contribution in [2.75, 3.05) is 7.05 Å². The minimum absolute atomic E-state index is 0.0428. The second-order valence-electron chi connectivity index (χ2n) is 8.93. The van der Waals surface area contributed by atoms with Crippen LogP contribution < -0.4 is 0 Å². The summed E-state index contributed by atoms with van der Waals surface area (Å²) in [5, 5.41) is 10.1. The molecule has 170 valence electrons. The van der Waals surface area contributed by atoms with E-state index in [4.69, 9.17) is 33.0 Å². The predicted octanol–water partition coefficient (Wildman–Crippen LogP) is 6.92. The molecule has 0 heterocycles. The molecule has 0 saturated heterocycles. The van der Waals surface area contributed by atoms with E-state index < -0.39 is 17.7 Å². The first-order valence-electron chi connectivity index (χ1n) is 10.4. The normalized spacial score (nSPS) is 18.3. The molecule has 1 amide bonds. The van der Waals surface area contributed by atoms with Gasteiger partial charge in [-0.05, 0) is 74.1 Å². The third kappa shape index (κ3) is 5.45. The molecule has 0 aromatic heterocycles. The van der Waals surface area contributed by atoms with E-state index >= 15 is 0 Å². The maximum atomic E-state index is 12.8. The Kier molecular flexibility index (Phi) is 7.21. The van der Waals surface area contributed by atoms with E-state index in [9.17, 15) is 9.59 Å². The first-order chi connectivity index (χ1) is 15.0. The highest BCUT2D eigenvalue weighted by atomic mass is 35.5. The van der Waals surface area contributed by atoms with Crippen LogP contribution in [-0.4, -0.2) is 34.7 Å². The Morgan fingerprint density at radius 1 is 1.12 bits per heavy atom. The standard InChI is InChI=1S/C25H27Cl2NO4/c1-25(2,3)32-24(31)28(4)21-12-10-17(16-8-11-19(26)20(27)14-16)18-7-5-6-15(23(18)21)9-13-22(29)30/h5-9,11,13-14,17,21H,10,12H2,1-4H3,(H,29,30)/b13-9-/t17-,21-/m0/s1. The summed E-state index contributed by atoms with van der Waals surface area (Å²) >= 11 is 12.4. The van der Waals surface area contributed by atoms with E-state index in [1.807, 2.05) is 51.1 Å². The fraction of sp³-hybridized carbons (Fsp3) is 0.360. The van der Waals surface area contributed by atoms with Crippen LogP contribution in [0.4, 0.5) is 4.79 Å². The molecule has 0 bridgehead atoms. The Morgan fingerprint density at radius 3 is 2.47 bits per heavy atom. The van der Waals surface area contributed by atoms with Crippen LogP contribution in [0, 0.1) is 0 Å². The third-order valence-corrected chi connectivity index (χ3v) is 6.25. The van der Waals surface area contributed by atoms with E-state index in [1.54, 1.807) is 24.1 Å². The van der Waals surface area contributed by atoms with Crippen LogP contribution in [0.2, 0.25) is 10.0 Å². The van der Waals surface area contributed by atoms with Crippen molar-refractivity contribution in [2.45, 2.75) is 51.2 Å². The summed E-state index contributed by atoms with van der Waals surface area (Å²) in [5.74, 6) is -0.988. The van der Waals surface area contributed by atoms with Gasteiger partial charge in [-0.2, -0.15) is 0 Å². The van der Waals surface area contributed by atoms with Crippen LogP contribution in [0.5, 0.6) is 0 Å². The SMILES string of the molecule is CN(C(=O)OC(C)(C)C)[C@H]1CC[C@@H](c2ccc(Cl)c(Cl)c2)c2cccc(/C=C\C(=O)O)c21. The largest absolute Gasteiger partial charge is 0.478 e. The molecule has 0 unspecified atom stereocenters. The van der Waals surface area contributed by atoms with Gasteiger partial charge in [-0.1, -0.05) is 47.5 Å². The molecule has 2 aromatic rings. The number of halogens is 2. The lowest BCUT2D eigenvalue weighted by molar-refractivity contribution is -0.131. The quantitative estimate of drug-likeness (QED) is 0.486. The predicted molar refractivity (Wildman–Crippen MR) is 127 cm³/mol. The number of aliphatic carboxylic acids is 1. The fourth-order valence-electron chi connectivity index (χ4n) is 4.14. The number of carbonyl (C=O) groups is 2. The molecule has 2 aromatic carbocycles. The Morgan fingerprint density at radius 2 is 1.84 bits per heavy atom. The van der Waals surface area contributed by atoms with Gasteiger partial charge >= 0.3 is 12.1 Å². The summed E-state index contributed by atoms with van der Waals surface area (Å²) in [5.41, 5.74) is 3.12. The van der Waals surface area contributed by atoms with Crippen molar-refractivity contribution < 1.29 is 19.4 Å². The van der Waals surface area contributed by atoms with Crippen molar-refractivity contribution in [3.8, 4) is 0 Å². The number of fused-ring (bicyclic) bond motifs is 1. The van der Waals surface area contributed by atoms with Crippen molar-refractivity contribution in [3.63, 3.8) is 0 Å². The lowest BCUT2D eigenvalue weighted by atomic mass is 9.74. The van der Waals surface area contributed by atoms with E-state index in [0.717, 1.165) is 34.8 Å². The first-order valence-corrected chi connectivity index (χ1v) is 11.2. The topological polar surface area (TPSA) is 66.8 Å². The number of ether oxygens (including phenoxy) is 1. The lowest BCUT2D eigenvalue weighted by Gasteiger charge is -2.38. The number of benzene rings is 2. The Balaban J connectivity index is 2.10. The van der Waals surface area contributed by atoms with Gasteiger partial charge in [-0.25, -0.2) is 9.59 Å². The van der Waals surface area contributed by atoms with Crippen molar-refractivity contribution in [1.29, 1.82) is 0 Å². The number of carboxylic acids is 1. The van der Waals surface area contributed by atoms with E-state index in [1.165, 1.54) is 0 Å². The zero-order valence-corrected chi connectivity index (χ0v) is 20.1. The molecule has 3 rings (SSSR count). The second kappa shape index (κ2) is 9.55. The van der Waals surface area contributed by atoms with Crippen LogP contribution in [0.1, 0.15) is 67.8 Å². The van der Waals surface area contributed by atoms with Crippen LogP contribution in [0.15, 0.2) is 42.5 Å². The van der Waals surface area contributed by atoms with Gasteiger partial charge in [0.15, 0.2) is 0 Å². The van der Waals surface area contributed by atoms with Gasteiger partial charge in [-0.15, -0.1) is 0 Å². The molecule has 7 heteroatoms. The Hall–Kier alpha value is -2.50. The van der Waals surface area contributed by atoms with Crippen LogP contribution >= 0.6 is 23.2 Å². The molecule has 1 aliphatic carbocycles. The summed E-state index contributed by atoms with van der Waals surface area (Å²) in [4.78, 5) is 25.6. The van der Waals surface area contributed by atoms with Gasteiger partial charge < -0.3 is 14.7 Å². The Labute approximate surface area is 198 Å². The van der Waals surface area contributed by atoms with Gasteiger partial charge in [0.25, 0.3) is 0 Å². The van der Waals surface area contributed by atoms with Crippen molar-refractivity contribution in [1.82, 2.24) is 4.90 Å². The molecule has 5 nitrogen and oxygen atoms in total. The molecule has 32 heavy (non-hydrogen) atoms. The molecule has 1 N–H and O–H groups in total. The van der Waals surface area contributed by atoms with Crippen LogP contribution in [-0.2, 0) is 9.53 Å². The minimum Gasteiger partial charge on any atom is -0.478 e. The molecule has 2 atom stereocenters. The number of carboxylic acid groups (broad SMARTS) is 1. The summed E-state index contributed by atoms with van der Waals surface area (Å²) in [6, 6.07) is 11.2. The molecular weight excluding hydrogens is 449 g/mol. The van der Waals surface area contributed by atoms with Gasteiger partial charge in [0.1, 0.15) is 5.60 Å². The van der Waals surface area contributed by atoms with Gasteiger partial charge in [-0.3, -0.25) is 0 Å². The molecular formula is C25H27Cl2NO4. The maximum Gasteiger partial charge on any atom is 0.410 e. The minimum atomic E-state index is -1.03. The third-order valence-electron chi connectivity index (χ3n) is 5.51. The number of carbonyl (C=O) groups excluding carboxylic acids is 1. The van der Waals surface area contributed by atoms with Gasteiger partial charge in [0.2, 0.25) is 0 Å². The van der Waals surface area contributed by atoms with Gasteiger partial charge in [0, 0.05) is 19.0 Å². The van der Waals surface area contributed by atoms with Crippen LogP contribution in [0.3, 0.4) is 0 Å². The summed E-state index contributed by atoms with van der Waals surface area (Å²) in [6.07, 6.45) is 3.75. The summed E-state index contributed by atoms with van der Waals surface area (Å²) < 4.78 is 5.59. The number of hydrogen-bond donors (Lipinski definition) is 1. The highest BCUT2D eigenvalue weighted by Crippen LogP contribution is 2.46. The van der Waals surface area contributed by atoms with E-state index in [2.05, 4.69) is 0 Å². The molecule has 0 fully saturated rings. The van der Waals surface area contributed by atoms with E-state index in [0.29, 0.717) is 16.5 Å². The monoisotopic (exact) mass is 475 g/mol. The van der Waals surface area contributed by atoms with Gasteiger partial charge in [0.05, 0.1) is 16.1 Å².